The van der Waals surface area contributed by atoms with Crippen LogP contribution in [-0.4, -0.2) is 47.2 Å². The van der Waals surface area contributed by atoms with Gasteiger partial charge in [-0.15, -0.1) is 0 Å². The van der Waals surface area contributed by atoms with Gasteiger partial charge in [-0.2, -0.15) is 13.2 Å². The number of halogens is 4. The van der Waals surface area contributed by atoms with Gasteiger partial charge in [0.1, 0.15) is 11.4 Å². The first kappa shape index (κ1) is 27.7. The van der Waals surface area contributed by atoms with Crippen LogP contribution in [0.1, 0.15) is 29.8 Å². The van der Waals surface area contributed by atoms with E-state index in [1.807, 2.05) is 0 Å². The Morgan fingerprint density at radius 1 is 1.00 bits per heavy atom. The maximum atomic E-state index is 13.4. The van der Waals surface area contributed by atoms with E-state index in [1.54, 1.807) is 0 Å². The van der Waals surface area contributed by atoms with Crippen molar-refractivity contribution in [1.82, 2.24) is 9.88 Å². The maximum Gasteiger partial charge on any atom is 0.501 e. The molecule has 4 rings (SSSR count). The highest BCUT2D eigenvalue weighted by Gasteiger charge is 2.52. The number of carbonyl (C=O) groups is 3. The van der Waals surface area contributed by atoms with Crippen molar-refractivity contribution >= 4 is 39.1 Å². The molecule has 0 saturated carbocycles. The highest BCUT2D eigenvalue weighted by atomic mass is 32.2. The SMILES string of the molecule is CC1(C)C(=O)N(c2ccc(S(=O)(=O)C(F)(F)F)cc2)C(=O)N1Cc1ccncc1NC(=O)c1ccc(F)cc1. The molecule has 1 aliphatic heterocycles. The number of urea groups is 1. The Kier molecular flexibility index (Phi) is 6.93. The van der Waals surface area contributed by atoms with Crippen molar-refractivity contribution in [2.45, 2.75) is 36.3 Å². The number of alkyl halides is 3. The second-order valence-corrected chi connectivity index (χ2v) is 10.9. The van der Waals surface area contributed by atoms with Crippen molar-refractivity contribution in [1.29, 1.82) is 0 Å². The molecule has 1 fully saturated rings. The number of amides is 4. The van der Waals surface area contributed by atoms with E-state index in [0.717, 1.165) is 29.2 Å². The molecule has 0 aliphatic carbocycles. The Morgan fingerprint density at radius 3 is 2.21 bits per heavy atom. The smallest absolute Gasteiger partial charge is 0.320 e. The molecule has 9 nitrogen and oxygen atoms in total. The number of anilines is 2. The first-order valence-corrected chi connectivity index (χ1v) is 12.7. The van der Waals surface area contributed by atoms with Gasteiger partial charge in [-0.1, -0.05) is 0 Å². The molecule has 0 spiro atoms. The number of rotatable bonds is 6. The summed E-state index contributed by atoms with van der Waals surface area (Å²) in [6.07, 6.45) is 2.75. The van der Waals surface area contributed by atoms with Crippen LogP contribution >= 0.6 is 0 Å². The van der Waals surface area contributed by atoms with Gasteiger partial charge in [0, 0.05) is 11.8 Å². The number of hydrogen-bond donors (Lipinski definition) is 1. The van der Waals surface area contributed by atoms with Crippen LogP contribution in [0.3, 0.4) is 0 Å². The molecule has 2 heterocycles. The number of nitrogens with zero attached hydrogens (tertiary/aromatic N) is 3. The van der Waals surface area contributed by atoms with Crippen LogP contribution in [0.4, 0.5) is 33.7 Å². The summed E-state index contributed by atoms with van der Waals surface area (Å²) in [5.74, 6) is -1.79. The van der Waals surface area contributed by atoms with Gasteiger partial charge in [0.15, 0.2) is 0 Å². The minimum Gasteiger partial charge on any atom is -0.320 e. The van der Waals surface area contributed by atoms with Crippen molar-refractivity contribution in [3.63, 3.8) is 0 Å². The number of hydrogen-bond acceptors (Lipinski definition) is 6. The van der Waals surface area contributed by atoms with Crippen LogP contribution < -0.4 is 10.2 Å². The Labute approximate surface area is 220 Å². The summed E-state index contributed by atoms with van der Waals surface area (Å²) in [4.78, 5) is 44.1. The Balaban J connectivity index is 1.60. The zero-order chi connectivity index (χ0) is 28.8. The molecular formula is C25H20F4N4O5S. The summed E-state index contributed by atoms with van der Waals surface area (Å²) in [7, 11) is -5.61. The van der Waals surface area contributed by atoms with E-state index in [2.05, 4.69) is 10.3 Å². The van der Waals surface area contributed by atoms with E-state index in [9.17, 15) is 40.4 Å². The van der Waals surface area contributed by atoms with Gasteiger partial charge in [0.2, 0.25) is 0 Å². The van der Waals surface area contributed by atoms with Crippen LogP contribution in [-0.2, 0) is 21.2 Å². The fraction of sp³-hybridized carbons (Fsp3) is 0.200. The molecule has 0 unspecified atom stereocenters. The van der Waals surface area contributed by atoms with Gasteiger partial charge in [-0.25, -0.2) is 22.5 Å². The van der Waals surface area contributed by atoms with E-state index in [4.69, 9.17) is 0 Å². The standard InChI is InChI=1S/C25H20F4N4O5S/c1-24(2)22(35)33(18-7-9-19(10-8-18)39(37,38)25(27,28)29)23(36)32(24)14-16-11-12-30-13-20(16)31-21(34)15-3-5-17(26)6-4-15/h3-13H,14H2,1-2H3,(H,31,34). The van der Waals surface area contributed by atoms with Crippen molar-refractivity contribution in [2.75, 3.05) is 10.2 Å². The van der Waals surface area contributed by atoms with Crippen molar-refractivity contribution < 1.29 is 40.4 Å². The summed E-state index contributed by atoms with van der Waals surface area (Å²) < 4.78 is 75.1. The molecule has 3 aromatic rings. The molecule has 14 heteroatoms. The molecule has 1 saturated heterocycles. The average molecular weight is 565 g/mol. The average Bonchev–Trinajstić information content (AvgIpc) is 3.04. The minimum absolute atomic E-state index is 0.124. The number of imide groups is 1. The highest BCUT2D eigenvalue weighted by molar-refractivity contribution is 7.92. The topological polar surface area (TPSA) is 117 Å². The lowest BCUT2D eigenvalue weighted by Gasteiger charge is -2.28. The van der Waals surface area contributed by atoms with Crippen molar-refractivity contribution in [3.05, 3.63) is 83.9 Å². The molecule has 2 aromatic carbocycles. The fourth-order valence-corrected chi connectivity index (χ4v) is 4.64. The first-order valence-electron chi connectivity index (χ1n) is 11.2. The predicted octanol–water partition coefficient (Wildman–Crippen LogP) is 4.51. The molecule has 0 atom stereocenters. The molecule has 39 heavy (non-hydrogen) atoms. The van der Waals surface area contributed by atoms with E-state index >= 15 is 0 Å². The van der Waals surface area contributed by atoms with E-state index in [1.165, 1.54) is 49.3 Å². The maximum absolute atomic E-state index is 13.4. The number of benzene rings is 2. The summed E-state index contributed by atoms with van der Waals surface area (Å²) in [5.41, 5.74) is -6.26. The number of pyridine rings is 1. The summed E-state index contributed by atoms with van der Waals surface area (Å²) >= 11 is 0. The molecule has 204 valence electrons. The first-order chi connectivity index (χ1) is 18.1. The van der Waals surface area contributed by atoms with Crippen molar-refractivity contribution in [2.24, 2.45) is 0 Å². The third-order valence-corrected chi connectivity index (χ3v) is 7.63. The number of sulfone groups is 1. The predicted molar refractivity (Wildman–Crippen MR) is 131 cm³/mol. The van der Waals surface area contributed by atoms with E-state index in [0.29, 0.717) is 17.7 Å². The summed E-state index contributed by atoms with van der Waals surface area (Å²) in [5, 5.41) is 2.64. The second-order valence-electron chi connectivity index (χ2n) is 9.01. The van der Waals surface area contributed by atoms with Crippen LogP contribution in [0.25, 0.3) is 0 Å². The van der Waals surface area contributed by atoms with E-state index in [-0.39, 0.29) is 23.5 Å². The summed E-state index contributed by atoms with van der Waals surface area (Å²) in [6.45, 7) is 2.76. The zero-order valence-corrected chi connectivity index (χ0v) is 21.2. The highest BCUT2D eigenvalue weighted by Crippen LogP contribution is 2.36. The van der Waals surface area contributed by atoms with Gasteiger partial charge in [0.25, 0.3) is 21.7 Å². The second kappa shape index (κ2) is 9.76. The zero-order valence-electron chi connectivity index (χ0n) is 20.4. The fourth-order valence-electron chi connectivity index (χ4n) is 3.88. The third kappa shape index (κ3) is 5.06. The lowest BCUT2D eigenvalue weighted by Crippen LogP contribution is -2.43. The lowest BCUT2D eigenvalue weighted by atomic mass is 10.0. The minimum atomic E-state index is -5.61. The van der Waals surface area contributed by atoms with Crippen LogP contribution in [0, 0.1) is 5.82 Å². The largest absolute Gasteiger partial charge is 0.501 e. The molecular weight excluding hydrogens is 544 g/mol. The molecule has 1 aliphatic rings. The third-order valence-electron chi connectivity index (χ3n) is 6.13. The van der Waals surface area contributed by atoms with Gasteiger partial charge in [-0.05, 0) is 74.0 Å². The monoisotopic (exact) mass is 564 g/mol. The van der Waals surface area contributed by atoms with Gasteiger partial charge in [0.05, 0.1) is 29.0 Å². The summed E-state index contributed by atoms with van der Waals surface area (Å²) in [6, 6.07) is 8.73. The Morgan fingerprint density at radius 2 is 1.62 bits per heavy atom. The number of nitrogens with one attached hydrogen (secondary N) is 1. The van der Waals surface area contributed by atoms with Crippen molar-refractivity contribution in [3.8, 4) is 0 Å². The van der Waals surface area contributed by atoms with Crippen LogP contribution in [0.2, 0.25) is 0 Å². The van der Waals surface area contributed by atoms with Crippen LogP contribution in [0.15, 0.2) is 71.9 Å². The number of aromatic nitrogens is 1. The van der Waals surface area contributed by atoms with Gasteiger partial charge in [-0.3, -0.25) is 14.6 Å². The normalized spacial score (nSPS) is 15.5. The molecule has 1 N–H and O–H groups in total. The molecule has 0 radical (unpaired) electrons. The van der Waals surface area contributed by atoms with E-state index < -0.39 is 49.4 Å². The quantitative estimate of drug-likeness (QED) is 0.348. The Bertz CT molecular complexity index is 1560. The molecule has 4 amide bonds. The van der Waals surface area contributed by atoms with Crippen LogP contribution in [0.5, 0.6) is 0 Å². The number of carbonyl (C=O) groups excluding carboxylic acids is 3. The van der Waals surface area contributed by atoms with Gasteiger partial charge >= 0.3 is 11.5 Å². The molecule has 1 aromatic heterocycles. The molecule has 0 bridgehead atoms. The van der Waals surface area contributed by atoms with Gasteiger partial charge < -0.3 is 10.2 Å². The Hall–Kier alpha value is -4.33. The lowest BCUT2D eigenvalue weighted by molar-refractivity contribution is -0.123.